The number of carbonyl (C=O) groups excluding carboxylic acids is 1. The molecule has 0 spiro atoms. The number of unbranched alkanes of at least 4 members (excludes halogenated alkanes) is 34. The Morgan fingerprint density at radius 1 is 0.438 bits per heavy atom. The maximum Gasteiger partial charge on any atom is 0.306 e. The lowest BCUT2D eigenvalue weighted by atomic mass is 9.98. The molecule has 2 aliphatic rings. The zero-order valence-electron chi connectivity index (χ0n) is 46.4. The van der Waals surface area contributed by atoms with Crippen LogP contribution in [0.2, 0.25) is 0 Å². The van der Waals surface area contributed by atoms with Crippen molar-refractivity contribution in [2.24, 2.45) is 0 Å². The SMILES string of the molecule is CCCCCCCC/C=C\CCCCCCCCCCCCOCC(COC1OC(COC2OC(CO)C(O)C(O)C2O)C(O)C(O)C1O)OC(=O)CCCCCCCCCCCCCCCCCCCCC. The fraction of sp³-hybridized carbons (Fsp3) is 0.949. The molecule has 0 aromatic carbocycles. The first-order valence-corrected chi connectivity index (χ1v) is 30.3. The minimum Gasteiger partial charge on any atom is -0.457 e. The van der Waals surface area contributed by atoms with Crippen LogP contribution in [0.5, 0.6) is 0 Å². The van der Waals surface area contributed by atoms with Crippen molar-refractivity contribution in [3.63, 3.8) is 0 Å². The smallest absolute Gasteiger partial charge is 0.306 e. The number of rotatable bonds is 50. The number of carbonyl (C=O) groups is 1. The second-order valence-electron chi connectivity index (χ2n) is 21.5. The van der Waals surface area contributed by atoms with Crippen LogP contribution in [0.4, 0.5) is 0 Å². The van der Waals surface area contributed by atoms with Crippen LogP contribution in [0.15, 0.2) is 12.2 Å². The summed E-state index contributed by atoms with van der Waals surface area (Å²) in [5, 5.41) is 72.4. The van der Waals surface area contributed by atoms with E-state index in [4.69, 9.17) is 28.4 Å². The molecule has 11 atom stereocenters. The zero-order valence-corrected chi connectivity index (χ0v) is 46.4. The minimum absolute atomic E-state index is 0.0670. The average molecular weight is 1050 g/mol. The lowest BCUT2D eigenvalue weighted by Crippen LogP contribution is -2.61. The molecule has 11 unspecified atom stereocenters. The predicted molar refractivity (Wildman–Crippen MR) is 289 cm³/mol. The molecule has 0 amide bonds. The van der Waals surface area contributed by atoms with Crippen molar-refractivity contribution in [3.05, 3.63) is 12.2 Å². The molecule has 0 aliphatic carbocycles. The fourth-order valence-electron chi connectivity index (χ4n) is 9.87. The van der Waals surface area contributed by atoms with Crippen molar-refractivity contribution in [2.75, 3.05) is 33.0 Å². The summed E-state index contributed by atoms with van der Waals surface area (Å²) in [6.07, 6.45) is 35.6. The molecule has 0 bridgehead atoms. The first kappa shape index (κ1) is 67.8. The first-order valence-electron chi connectivity index (χ1n) is 30.3. The van der Waals surface area contributed by atoms with E-state index in [0.29, 0.717) is 13.0 Å². The van der Waals surface area contributed by atoms with Crippen molar-refractivity contribution in [3.8, 4) is 0 Å². The van der Waals surface area contributed by atoms with E-state index in [2.05, 4.69) is 26.0 Å². The molecular weight excluding hydrogens is 933 g/mol. The molecule has 0 radical (unpaired) electrons. The van der Waals surface area contributed by atoms with E-state index in [-0.39, 0.29) is 25.6 Å². The Labute approximate surface area is 444 Å². The predicted octanol–water partition coefficient (Wildman–Crippen LogP) is 11.0. The Bertz CT molecular complexity index is 1260. The Kier molecular flexibility index (Phi) is 43.5. The van der Waals surface area contributed by atoms with Gasteiger partial charge in [-0.15, -0.1) is 0 Å². The molecule has 2 fully saturated rings. The Hall–Kier alpha value is -1.27. The van der Waals surface area contributed by atoms with Gasteiger partial charge in [0.1, 0.15) is 54.9 Å². The van der Waals surface area contributed by atoms with Gasteiger partial charge in [-0.3, -0.25) is 4.79 Å². The Morgan fingerprint density at radius 3 is 1.25 bits per heavy atom. The quantitative estimate of drug-likeness (QED) is 0.0172. The highest BCUT2D eigenvalue weighted by atomic mass is 16.7. The maximum atomic E-state index is 13.1. The molecule has 432 valence electrons. The molecule has 2 rings (SSSR count). The highest BCUT2D eigenvalue weighted by Gasteiger charge is 2.47. The number of aliphatic hydroxyl groups excluding tert-OH is 7. The van der Waals surface area contributed by atoms with Crippen molar-refractivity contribution >= 4 is 5.97 Å². The summed E-state index contributed by atoms with van der Waals surface area (Å²) in [6.45, 7) is 3.75. The maximum absolute atomic E-state index is 13.1. The summed E-state index contributed by atoms with van der Waals surface area (Å²) in [5.74, 6) is -0.369. The van der Waals surface area contributed by atoms with Crippen LogP contribution in [-0.2, 0) is 33.2 Å². The third-order valence-electron chi connectivity index (χ3n) is 14.8. The van der Waals surface area contributed by atoms with Crippen LogP contribution < -0.4 is 0 Å². The molecular formula is C59H112O14. The first-order chi connectivity index (χ1) is 35.6. The zero-order chi connectivity index (χ0) is 53.0. The molecule has 14 heteroatoms. The molecule has 0 aromatic heterocycles. The number of hydrogen-bond acceptors (Lipinski definition) is 14. The molecule has 7 N–H and O–H groups in total. The fourth-order valence-corrected chi connectivity index (χ4v) is 9.87. The molecule has 2 heterocycles. The number of aliphatic hydroxyl groups is 7. The van der Waals surface area contributed by atoms with Crippen LogP contribution in [0.25, 0.3) is 0 Å². The van der Waals surface area contributed by atoms with Gasteiger partial charge in [-0.25, -0.2) is 0 Å². The normalized spacial score (nSPS) is 24.9. The van der Waals surface area contributed by atoms with Crippen molar-refractivity contribution in [2.45, 2.75) is 325 Å². The number of ether oxygens (including phenoxy) is 6. The highest BCUT2D eigenvalue weighted by Crippen LogP contribution is 2.27. The monoisotopic (exact) mass is 1040 g/mol. The standard InChI is InChI=1S/C59H112O14/c1-3-5-7-9-11-13-15-17-19-21-23-25-27-29-31-33-35-37-39-41-43-68-45-48(71-51(61)42-40-38-36-34-32-30-28-26-24-22-20-18-16-14-12-10-8-6-4-2)46-69-58-57(67)55(65)53(63)50(73-58)47-70-59-56(66)54(64)52(62)49(44-60)72-59/h17,19,48-50,52-60,62-67H,3-16,18,20-47H2,1-2H3/b19-17-. The summed E-state index contributed by atoms with van der Waals surface area (Å²) >= 11 is 0. The third-order valence-corrected chi connectivity index (χ3v) is 14.8. The number of hydrogen-bond donors (Lipinski definition) is 7. The van der Waals surface area contributed by atoms with Crippen LogP contribution in [-0.4, -0.2) is 142 Å². The van der Waals surface area contributed by atoms with Gasteiger partial charge in [-0.05, 0) is 38.5 Å². The van der Waals surface area contributed by atoms with Crippen LogP contribution in [0.3, 0.4) is 0 Å². The molecule has 0 aromatic rings. The van der Waals surface area contributed by atoms with Gasteiger partial charge in [-0.1, -0.05) is 225 Å². The molecule has 2 aliphatic heterocycles. The highest BCUT2D eigenvalue weighted by molar-refractivity contribution is 5.69. The molecule has 14 nitrogen and oxygen atoms in total. The second kappa shape index (κ2) is 46.8. The summed E-state index contributed by atoms with van der Waals surface area (Å²) in [6, 6.07) is 0. The van der Waals surface area contributed by atoms with Crippen LogP contribution in [0.1, 0.15) is 258 Å². The lowest BCUT2D eigenvalue weighted by Gasteiger charge is -2.42. The van der Waals surface area contributed by atoms with E-state index in [9.17, 15) is 40.5 Å². The van der Waals surface area contributed by atoms with Gasteiger partial charge in [0.15, 0.2) is 12.6 Å². The molecule has 0 saturated carbocycles. The van der Waals surface area contributed by atoms with E-state index in [1.165, 1.54) is 193 Å². The van der Waals surface area contributed by atoms with Crippen LogP contribution >= 0.6 is 0 Å². The van der Waals surface area contributed by atoms with Crippen LogP contribution in [0, 0.1) is 0 Å². The van der Waals surface area contributed by atoms with E-state index < -0.39 is 80.7 Å². The Morgan fingerprint density at radius 2 is 0.808 bits per heavy atom. The summed E-state index contributed by atoms with van der Waals surface area (Å²) in [5.41, 5.74) is 0. The average Bonchev–Trinajstić information content (AvgIpc) is 3.39. The summed E-state index contributed by atoms with van der Waals surface area (Å²) in [4.78, 5) is 13.1. The second-order valence-corrected chi connectivity index (χ2v) is 21.5. The summed E-state index contributed by atoms with van der Waals surface area (Å²) < 4.78 is 34.4. The van der Waals surface area contributed by atoms with Gasteiger partial charge in [0.05, 0.1) is 26.4 Å². The number of esters is 1. The van der Waals surface area contributed by atoms with Gasteiger partial charge >= 0.3 is 5.97 Å². The van der Waals surface area contributed by atoms with Crippen molar-refractivity contribution in [1.82, 2.24) is 0 Å². The molecule has 2 saturated heterocycles. The van der Waals surface area contributed by atoms with E-state index in [1.54, 1.807) is 0 Å². The van der Waals surface area contributed by atoms with Gasteiger partial charge < -0.3 is 64.2 Å². The Balaban J connectivity index is 1.70. The van der Waals surface area contributed by atoms with Crippen molar-refractivity contribution in [1.29, 1.82) is 0 Å². The summed E-state index contributed by atoms with van der Waals surface area (Å²) in [7, 11) is 0. The van der Waals surface area contributed by atoms with Gasteiger partial charge in [-0.2, -0.15) is 0 Å². The minimum atomic E-state index is -1.70. The van der Waals surface area contributed by atoms with E-state index >= 15 is 0 Å². The molecule has 73 heavy (non-hydrogen) atoms. The van der Waals surface area contributed by atoms with Gasteiger partial charge in [0, 0.05) is 13.0 Å². The van der Waals surface area contributed by atoms with Crippen molar-refractivity contribution < 1.29 is 69.0 Å². The number of allylic oxidation sites excluding steroid dienone is 2. The van der Waals surface area contributed by atoms with Gasteiger partial charge in [0.25, 0.3) is 0 Å². The van der Waals surface area contributed by atoms with E-state index in [0.717, 1.165) is 38.5 Å². The van der Waals surface area contributed by atoms with E-state index in [1.807, 2.05) is 0 Å². The largest absolute Gasteiger partial charge is 0.457 e. The van der Waals surface area contributed by atoms with Gasteiger partial charge in [0.2, 0.25) is 0 Å². The topological polar surface area (TPSA) is 214 Å². The lowest BCUT2D eigenvalue weighted by molar-refractivity contribution is -0.332. The third kappa shape index (κ3) is 33.6.